The summed E-state index contributed by atoms with van der Waals surface area (Å²) in [6.45, 7) is 3.74. The number of nitrogens with zero attached hydrogens (tertiary/aromatic N) is 1. The summed E-state index contributed by atoms with van der Waals surface area (Å²) in [6.07, 6.45) is 2.13. The van der Waals surface area contributed by atoms with Crippen molar-refractivity contribution in [3.05, 3.63) is 65.7 Å². The molecule has 0 atom stereocenters. The number of anilines is 1. The van der Waals surface area contributed by atoms with E-state index in [1.807, 2.05) is 42.5 Å². The number of carbonyl (C=O) groups is 1. The lowest BCUT2D eigenvalue weighted by Crippen LogP contribution is -2.14. The highest BCUT2D eigenvalue weighted by molar-refractivity contribution is 7.16. The van der Waals surface area contributed by atoms with Crippen LogP contribution in [0.5, 0.6) is 0 Å². The second-order valence-electron chi connectivity index (χ2n) is 4.71. The van der Waals surface area contributed by atoms with Crippen LogP contribution in [0, 0.1) is 0 Å². The molecule has 2 aromatic carbocycles. The van der Waals surface area contributed by atoms with Gasteiger partial charge in [0.15, 0.2) is 0 Å². The SMILES string of the molecule is C=Cc1cccc(CC(=O)Nc2ccc3ncsc3c2)c1. The van der Waals surface area contributed by atoms with Gasteiger partial charge in [0, 0.05) is 5.69 Å². The Hall–Kier alpha value is -2.46. The summed E-state index contributed by atoms with van der Waals surface area (Å²) in [7, 11) is 0. The molecule has 21 heavy (non-hydrogen) atoms. The minimum atomic E-state index is -0.0277. The fraction of sp³-hybridized carbons (Fsp3) is 0.0588. The van der Waals surface area contributed by atoms with Crippen LogP contribution in [0.25, 0.3) is 16.3 Å². The molecule has 1 N–H and O–H groups in total. The Morgan fingerprint density at radius 1 is 1.29 bits per heavy atom. The van der Waals surface area contributed by atoms with E-state index in [1.54, 1.807) is 22.9 Å². The lowest BCUT2D eigenvalue weighted by atomic mass is 10.1. The summed E-state index contributed by atoms with van der Waals surface area (Å²) in [6, 6.07) is 13.6. The number of hydrogen-bond donors (Lipinski definition) is 1. The molecule has 3 nitrogen and oxygen atoms in total. The van der Waals surface area contributed by atoms with Gasteiger partial charge >= 0.3 is 0 Å². The minimum absolute atomic E-state index is 0.0277. The highest BCUT2D eigenvalue weighted by atomic mass is 32.1. The summed E-state index contributed by atoms with van der Waals surface area (Å²) >= 11 is 1.56. The van der Waals surface area contributed by atoms with Crippen LogP contribution in [0.4, 0.5) is 5.69 Å². The number of carbonyl (C=O) groups excluding carboxylic acids is 1. The lowest BCUT2D eigenvalue weighted by molar-refractivity contribution is -0.115. The first-order chi connectivity index (χ1) is 10.2. The van der Waals surface area contributed by atoms with Crippen molar-refractivity contribution in [1.82, 2.24) is 4.98 Å². The Morgan fingerprint density at radius 2 is 2.19 bits per heavy atom. The van der Waals surface area contributed by atoms with E-state index in [9.17, 15) is 4.79 Å². The average Bonchev–Trinajstić information content (AvgIpc) is 2.95. The first-order valence-electron chi connectivity index (χ1n) is 6.59. The molecule has 0 bridgehead atoms. The van der Waals surface area contributed by atoms with Crippen LogP contribution in [0.2, 0.25) is 0 Å². The summed E-state index contributed by atoms with van der Waals surface area (Å²) in [4.78, 5) is 16.3. The predicted octanol–water partition coefficient (Wildman–Crippen LogP) is 4.12. The Balaban J connectivity index is 1.71. The molecule has 3 aromatic rings. The molecule has 1 amide bonds. The van der Waals surface area contributed by atoms with Crippen LogP contribution in [-0.4, -0.2) is 10.9 Å². The van der Waals surface area contributed by atoms with Gasteiger partial charge in [-0.1, -0.05) is 36.9 Å². The third-order valence-electron chi connectivity index (χ3n) is 3.17. The second kappa shape index (κ2) is 5.89. The maximum absolute atomic E-state index is 12.1. The summed E-state index contributed by atoms with van der Waals surface area (Å²) in [5.41, 5.74) is 5.56. The number of aromatic nitrogens is 1. The van der Waals surface area contributed by atoms with Gasteiger partial charge in [0.2, 0.25) is 5.91 Å². The van der Waals surface area contributed by atoms with E-state index in [0.29, 0.717) is 6.42 Å². The number of rotatable bonds is 4. The largest absolute Gasteiger partial charge is 0.326 e. The molecule has 1 aromatic heterocycles. The van der Waals surface area contributed by atoms with Crippen LogP contribution >= 0.6 is 11.3 Å². The first-order valence-corrected chi connectivity index (χ1v) is 7.47. The van der Waals surface area contributed by atoms with E-state index < -0.39 is 0 Å². The van der Waals surface area contributed by atoms with Crippen molar-refractivity contribution < 1.29 is 4.79 Å². The zero-order valence-corrected chi connectivity index (χ0v) is 12.2. The fourth-order valence-corrected chi connectivity index (χ4v) is 2.87. The van der Waals surface area contributed by atoms with Crippen molar-refractivity contribution in [2.24, 2.45) is 0 Å². The maximum atomic E-state index is 12.1. The quantitative estimate of drug-likeness (QED) is 0.786. The smallest absolute Gasteiger partial charge is 0.228 e. The molecule has 0 aliphatic carbocycles. The molecule has 0 aliphatic heterocycles. The monoisotopic (exact) mass is 294 g/mol. The van der Waals surface area contributed by atoms with Gasteiger partial charge in [-0.15, -0.1) is 11.3 Å². The number of nitrogens with one attached hydrogen (secondary N) is 1. The van der Waals surface area contributed by atoms with Crippen molar-refractivity contribution >= 4 is 39.2 Å². The van der Waals surface area contributed by atoms with Gasteiger partial charge < -0.3 is 5.32 Å². The van der Waals surface area contributed by atoms with Gasteiger partial charge in [0.05, 0.1) is 22.1 Å². The molecule has 1 heterocycles. The van der Waals surface area contributed by atoms with Crippen molar-refractivity contribution in [1.29, 1.82) is 0 Å². The Kier molecular flexibility index (Phi) is 3.79. The molecule has 0 fully saturated rings. The molecular weight excluding hydrogens is 280 g/mol. The van der Waals surface area contributed by atoms with Crippen molar-refractivity contribution in [3.8, 4) is 0 Å². The molecule has 0 aliphatic rings. The molecular formula is C17H14N2OS. The van der Waals surface area contributed by atoms with E-state index in [2.05, 4.69) is 16.9 Å². The van der Waals surface area contributed by atoms with E-state index in [1.165, 1.54) is 0 Å². The Labute approximate surface area is 127 Å². The first kappa shape index (κ1) is 13.5. The lowest BCUT2D eigenvalue weighted by Gasteiger charge is -2.06. The van der Waals surface area contributed by atoms with Gasteiger partial charge in [-0.3, -0.25) is 4.79 Å². The summed E-state index contributed by atoms with van der Waals surface area (Å²) < 4.78 is 1.07. The Morgan fingerprint density at radius 3 is 3.05 bits per heavy atom. The maximum Gasteiger partial charge on any atom is 0.228 e. The number of amides is 1. The summed E-state index contributed by atoms with van der Waals surface area (Å²) in [5, 5.41) is 2.92. The van der Waals surface area contributed by atoms with Crippen LogP contribution in [0.15, 0.2) is 54.6 Å². The van der Waals surface area contributed by atoms with Crippen LogP contribution < -0.4 is 5.32 Å². The number of fused-ring (bicyclic) bond motifs is 1. The van der Waals surface area contributed by atoms with Gasteiger partial charge in [-0.2, -0.15) is 0 Å². The highest BCUT2D eigenvalue weighted by Gasteiger charge is 2.06. The standard InChI is InChI=1S/C17H14N2OS/c1-2-12-4-3-5-13(8-12)9-17(20)19-14-6-7-15-16(10-14)21-11-18-15/h2-8,10-11H,1,9H2,(H,19,20). The Bertz CT molecular complexity index is 807. The van der Waals surface area contributed by atoms with Crippen LogP contribution in [0.1, 0.15) is 11.1 Å². The number of benzene rings is 2. The molecule has 0 spiro atoms. The zero-order valence-electron chi connectivity index (χ0n) is 11.4. The average molecular weight is 294 g/mol. The van der Waals surface area contributed by atoms with Gasteiger partial charge in [-0.25, -0.2) is 4.98 Å². The zero-order chi connectivity index (χ0) is 14.7. The molecule has 4 heteroatoms. The van der Waals surface area contributed by atoms with Crippen molar-refractivity contribution in [2.45, 2.75) is 6.42 Å². The van der Waals surface area contributed by atoms with E-state index in [0.717, 1.165) is 27.0 Å². The second-order valence-corrected chi connectivity index (χ2v) is 5.60. The summed E-state index contributed by atoms with van der Waals surface area (Å²) in [5.74, 6) is -0.0277. The third-order valence-corrected chi connectivity index (χ3v) is 3.96. The van der Waals surface area contributed by atoms with Gasteiger partial charge in [0.1, 0.15) is 0 Å². The molecule has 0 saturated heterocycles. The van der Waals surface area contributed by atoms with E-state index in [4.69, 9.17) is 0 Å². The van der Waals surface area contributed by atoms with Crippen molar-refractivity contribution in [2.75, 3.05) is 5.32 Å². The molecule has 0 saturated carbocycles. The number of hydrogen-bond acceptors (Lipinski definition) is 3. The van der Waals surface area contributed by atoms with E-state index >= 15 is 0 Å². The van der Waals surface area contributed by atoms with Gasteiger partial charge in [0.25, 0.3) is 0 Å². The molecule has 0 unspecified atom stereocenters. The molecule has 3 rings (SSSR count). The van der Waals surface area contributed by atoms with Crippen molar-refractivity contribution in [3.63, 3.8) is 0 Å². The molecule has 104 valence electrons. The van der Waals surface area contributed by atoms with Crippen LogP contribution in [-0.2, 0) is 11.2 Å². The third kappa shape index (κ3) is 3.17. The van der Waals surface area contributed by atoms with Crippen LogP contribution in [0.3, 0.4) is 0 Å². The molecule has 0 radical (unpaired) electrons. The predicted molar refractivity (Wildman–Crippen MR) is 88.5 cm³/mol. The fourth-order valence-electron chi connectivity index (χ4n) is 2.15. The topological polar surface area (TPSA) is 42.0 Å². The normalized spacial score (nSPS) is 10.5. The van der Waals surface area contributed by atoms with Gasteiger partial charge in [-0.05, 0) is 29.3 Å². The minimum Gasteiger partial charge on any atom is -0.326 e. The number of thiazole rings is 1. The van der Waals surface area contributed by atoms with E-state index in [-0.39, 0.29) is 5.91 Å². The highest BCUT2D eigenvalue weighted by Crippen LogP contribution is 2.22.